The van der Waals surface area contributed by atoms with Crippen molar-refractivity contribution in [1.82, 2.24) is 15.2 Å². The van der Waals surface area contributed by atoms with Gasteiger partial charge >= 0.3 is 6.03 Å². The molecule has 0 aliphatic carbocycles. The van der Waals surface area contributed by atoms with Crippen LogP contribution in [0, 0.1) is 0 Å². The summed E-state index contributed by atoms with van der Waals surface area (Å²) in [6.45, 7) is 1.85. The lowest BCUT2D eigenvalue weighted by molar-refractivity contribution is -0.131. The van der Waals surface area contributed by atoms with Gasteiger partial charge in [0.2, 0.25) is 0 Å². The van der Waals surface area contributed by atoms with Gasteiger partial charge in [-0.1, -0.05) is 66.2 Å². The van der Waals surface area contributed by atoms with E-state index in [9.17, 15) is 9.59 Å². The molecule has 3 aromatic carbocycles. The fourth-order valence-corrected chi connectivity index (χ4v) is 4.97. The molecule has 3 amide bonds. The highest BCUT2D eigenvalue weighted by molar-refractivity contribution is 7.13. The average molecular weight is 448 g/mol. The van der Waals surface area contributed by atoms with Crippen LogP contribution in [0.4, 0.5) is 4.79 Å². The number of urea groups is 1. The molecule has 1 atom stereocenters. The first-order chi connectivity index (χ1) is 15.0. The lowest BCUT2D eigenvalue weighted by Gasteiger charge is -2.22. The summed E-state index contributed by atoms with van der Waals surface area (Å²) in [5.41, 5.74) is 1.11. The molecular weight excluding hydrogens is 430 g/mol. The molecule has 0 spiro atoms. The summed E-state index contributed by atoms with van der Waals surface area (Å²) in [6, 6.07) is 20.8. The maximum absolute atomic E-state index is 13.3. The molecule has 5 rings (SSSR count). The summed E-state index contributed by atoms with van der Waals surface area (Å²) in [5.74, 6) is -0.292. The van der Waals surface area contributed by atoms with Crippen molar-refractivity contribution in [2.75, 3.05) is 0 Å². The van der Waals surface area contributed by atoms with Crippen LogP contribution in [0.15, 0.2) is 72.1 Å². The molecule has 1 N–H and O–H groups in total. The normalized spacial score (nSPS) is 18.6. The van der Waals surface area contributed by atoms with Crippen LogP contribution in [0.3, 0.4) is 0 Å². The van der Waals surface area contributed by atoms with Gasteiger partial charge in [-0.25, -0.2) is 9.78 Å². The Morgan fingerprint density at radius 3 is 2.58 bits per heavy atom. The van der Waals surface area contributed by atoms with Crippen LogP contribution in [0.2, 0.25) is 5.02 Å². The van der Waals surface area contributed by atoms with Crippen molar-refractivity contribution in [3.05, 3.63) is 88.4 Å². The van der Waals surface area contributed by atoms with Crippen LogP contribution >= 0.6 is 22.9 Å². The van der Waals surface area contributed by atoms with Gasteiger partial charge in [-0.3, -0.25) is 9.69 Å². The van der Waals surface area contributed by atoms with Crippen molar-refractivity contribution < 1.29 is 9.59 Å². The van der Waals surface area contributed by atoms with Gasteiger partial charge in [0.1, 0.15) is 10.5 Å². The van der Waals surface area contributed by atoms with Crippen molar-refractivity contribution in [1.29, 1.82) is 0 Å². The molecule has 5 nitrogen and oxygen atoms in total. The van der Waals surface area contributed by atoms with E-state index in [0.717, 1.165) is 26.9 Å². The van der Waals surface area contributed by atoms with Crippen LogP contribution in [0.1, 0.15) is 18.2 Å². The van der Waals surface area contributed by atoms with Crippen molar-refractivity contribution in [2.45, 2.75) is 19.0 Å². The predicted octanol–water partition coefficient (Wildman–Crippen LogP) is 5.58. The summed E-state index contributed by atoms with van der Waals surface area (Å²) < 4.78 is 0. The maximum Gasteiger partial charge on any atom is 0.325 e. The minimum absolute atomic E-state index is 0.106. The Balaban J connectivity index is 1.42. The molecule has 7 heteroatoms. The standard InChI is InChI=1S/C24H18ClN3O2S/c1-24(17-11-10-15-6-2-3-7-16(15)12-17)22(29)28(23(30)27-24)13-18-14-31-21(26-18)19-8-4-5-9-20(19)25/h2-12,14H,13H2,1H3,(H,27,30). The molecule has 0 saturated carbocycles. The number of rotatable bonds is 4. The topological polar surface area (TPSA) is 62.3 Å². The molecule has 1 saturated heterocycles. The number of carbonyl (C=O) groups excluding carboxylic acids is 2. The number of nitrogens with one attached hydrogen (secondary N) is 1. The average Bonchev–Trinajstić information content (AvgIpc) is 3.33. The first-order valence-electron chi connectivity index (χ1n) is 9.78. The largest absolute Gasteiger partial charge is 0.325 e. The van der Waals surface area contributed by atoms with Crippen LogP contribution in [-0.4, -0.2) is 21.8 Å². The molecular formula is C24H18ClN3O2S. The van der Waals surface area contributed by atoms with Crippen LogP contribution < -0.4 is 5.32 Å². The SMILES string of the molecule is CC1(c2ccc3ccccc3c2)NC(=O)N(Cc2csc(-c3ccccc3Cl)n2)C1=O. The molecule has 1 fully saturated rings. The van der Waals surface area contributed by atoms with Crippen LogP contribution in [0.25, 0.3) is 21.3 Å². The first-order valence-corrected chi connectivity index (χ1v) is 11.0. The van der Waals surface area contributed by atoms with Crippen molar-refractivity contribution in [3.8, 4) is 10.6 Å². The Labute approximate surface area is 188 Å². The predicted molar refractivity (Wildman–Crippen MR) is 123 cm³/mol. The molecule has 0 bridgehead atoms. The van der Waals surface area contributed by atoms with Crippen molar-refractivity contribution in [2.24, 2.45) is 0 Å². The van der Waals surface area contributed by atoms with E-state index in [1.54, 1.807) is 6.92 Å². The highest BCUT2D eigenvalue weighted by atomic mass is 35.5. The van der Waals surface area contributed by atoms with E-state index in [0.29, 0.717) is 10.7 Å². The number of hydrogen-bond acceptors (Lipinski definition) is 4. The number of fused-ring (bicyclic) bond motifs is 1. The van der Waals surface area contributed by atoms with Gasteiger partial charge < -0.3 is 5.32 Å². The van der Waals surface area contributed by atoms with Crippen molar-refractivity contribution >= 4 is 45.6 Å². The fraction of sp³-hybridized carbons (Fsp3) is 0.125. The van der Waals surface area contributed by atoms with Gasteiger partial charge in [-0.2, -0.15) is 0 Å². The van der Waals surface area contributed by atoms with E-state index in [1.807, 2.05) is 72.1 Å². The van der Waals surface area contributed by atoms with Gasteiger partial charge in [0.25, 0.3) is 5.91 Å². The Morgan fingerprint density at radius 1 is 1.03 bits per heavy atom. The van der Waals surface area contributed by atoms with Gasteiger partial charge in [-0.05, 0) is 35.4 Å². The summed E-state index contributed by atoms with van der Waals surface area (Å²) in [4.78, 5) is 31.8. The Morgan fingerprint density at radius 2 is 1.77 bits per heavy atom. The second-order valence-electron chi connectivity index (χ2n) is 7.63. The number of thiazole rings is 1. The van der Waals surface area contributed by atoms with E-state index in [4.69, 9.17) is 11.6 Å². The lowest BCUT2D eigenvalue weighted by atomic mass is 9.90. The van der Waals surface area contributed by atoms with Gasteiger partial charge in [0.05, 0.1) is 17.3 Å². The first kappa shape index (κ1) is 19.7. The fourth-order valence-electron chi connectivity index (χ4n) is 3.84. The molecule has 154 valence electrons. The zero-order valence-electron chi connectivity index (χ0n) is 16.6. The van der Waals surface area contributed by atoms with Gasteiger partial charge in [0, 0.05) is 10.9 Å². The second kappa shape index (κ2) is 7.48. The van der Waals surface area contributed by atoms with E-state index in [1.165, 1.54) is 16.2 Å². The molecule has 1 aromatic heterocycles. The molecule has 1 aliphatic heterocycles. The summed E-state index contributed by atoms with van der Waals surface area (Å²) >= 11 is 7.70. The zero-order chi connectivity index (χ0) is 21.6. The highest BCUT2D eigenvalue weighted by Crippen LogP contribution is 2.33. The molecule has 31 heavy (non-hydrogen) atoms. The number of imide groups is 1. The number of carbonyl (C=O) groups is 2. The maximum atomic E-state index is 13.3. The second-order valence-corrected chi connectivity index (χ2v) is 8.90. The highest BCUT2D eigenvalue weighted by Gasteiger charge is 2.49. The molecule has 1 aliphatic rings. The minimum Gasteiger partial charge on any atom is -0.319 e. The van der Waals surface area contributed by atoms with Crippen molar-refractivity contribution in [3.63, 3.8) is 0 Å². The van der Waals surface area contributed by atoms with Gasteiger partial charge in [-0.15, -0.1) is 11.3 Å². The number of benzene rings is 3. The van der Waals surface area contributed by atoms with E-state index in [-0.39, 0.29) is 12.5 Å². The van der Waals surface area contributed by atoms with E-state index >= 15 is 0 Å². The third-order valence-electron chi connectivity index (χ3n) is 5.58. The Bertz CT molecular complexity index is 1340. The Kier molecular flexibility index (Phi) is 4.76. The summed E-state index contributed by atoms with van der Waals surface area (Å²) in [5, 5.41) is 8.19. The molecule has 2 heterocycles. The monoisotopic (exact) mass is 447 g/mol. The smallest absolute Gasteiger partial charge is 0.319 e. The summed E-state index contributed by atoms with van der Waals surface area (Å²) in [6.07, 6.45) is 0. The number of nitrogens with zero attached hydrogens (tertiary/aromatic N) is 2. The lowest BCUT2D eigenvalue weighted by Crippen LogP contribution is -2.40. The Hall–Kier alpha value is -3.22. The zero-order valence-corrected chi connectivity index (χ0v) is 18.2. The number of halogens is 1. The molecule has 1 unspecified atom stereocenters. The summed E-state index contributed by atoms with van der Waals surface area (Å²) in [7, 11) is 0. The number of amides is 3. The quantitative estimate of drug-likeness (QED) is 0.415. The number of aromatic nitrogens is 1. The van der Waals surface area contributed by atoms with E-state index < -0.39 is 11.6 Å². The minimum atomic E-state index is -1.12. The van der Waals surface area contributed by atoms with Crippen LogP contribution in [0.5, 0.6) is 0 Å². The third-order valence-corrected chi connectivity index (χ3v) is 6.83. The molecule has 0 radical (unpaired) electrons. The van der Waals surface area contributed by atoms with E-state index in [2.05, 4.69) is 10.3 Å². The number of hydrogen-bond donors (Lipinski definition) is 1. The molecule has 4 aromatic rings. The van der Waals surface area contributed by atoms with Gasteiger partial charge in [0.15, 0.2) is 0 Å². The third kappa shape index (κ3) is 3.38. The van der Waals surface area contributed by atoms with Crippen LogP contribution in [-0.2, 0) is 16.9 Å².